The zero-order valence-electron chi connectivity index (χ0n) is 16.9. The second-order valence-electron chi connectivity index (χ2n) is 7.19. The molecule has 0 bridgehead atoms. The van der Waals surface area contributed by atoms with Crippen LogP contribution >= 0.6 is 11.6 Å². The van der Waals surface area contributed by atoms with E-state index in [0.717, 1.165) is 10.9 Å². The molecule has 7 heteroatoms. The summed E-state index contributed by atoms with van der Waals surface area (Å²) < 4.78 is 5.14. The molecule has 0 radical (unpaired) electrons. The molecule has 2 aromatic carbocycles. The largest absolute Gasteiger partial charge is 0.465 e. The molecule has 3 heterocycles. The van der Waals surface area contributed by atoms with Gasteiger partial charge in [-0.2, -0.15) is 0 Å². The van der Waals surface area contributed by atoms with Gasteiger partial charge in [0.15, 0.2) is 0 Å². The average Bonchev–Trinajstić information content (AvgIpc) is 2.82. The summed E-state index contributed by atoms with van der Waals surface area (Å²) in [5, 5.41) is 1.76. The number of halogens is 1. The highest BCUT2D eigenvalue weighted by molar-refractivity contribution is 6.35. The third-order valence-corrected chi connectivity index (χ3v) is 5.55. The minimum atomic E-state index is -0.543. The van der Waals surface area contributed by atoms with Crippen LogP contribution in [0, 0.1) is 0 Å². The molecule has 0 saturated heterocycles. The summed E-state index contributed by atoms with van der Waals surface area (Å²) in [5.41, 5.74) is 3.51. The van der Waals surface area contributed by atoms with Gasteiger partial charge in [0, 0.05) is 34.2 Å². The van der Waals surface area contributed by atoms with Gasteiger partial charge in [0.05, 0.1) is 28.9 Å². The fraction of sp³-hybridized carbons (Fsp3) is 0.0400. The molecular weight excluding hydrogens is 426 g/mol. The SMILES string of the molecule is COC(=O)c1c(-c2cc(Cl)c3ncccc3c2)c(-c2ccccc2)nc2[nH]c(=O)ccc12. The summed E-state index contributed by atoms with van der Waals surface area (Å²) in [5.74, 6) is -0.543. The van der Waals surface area contributed by atoms with Gasteiger partial charge in [0.2, 0.25) is 5.56 Å². The number of rotatable bonds is 3. The summed E-state index contributed by atoms with van der Waals surface area (Å²) in [4.78, 5) is 36.9. The van der Waals surface area contributed by atoms with Crippen LogP contribution in [0.4, 0.5) is 0 Å². The summed E-state index contributed by atoms with van der Waals surface area (Å²) in [7, 11) is 1.32. The lowest BCUT2D eigenvalue weighted by molar-refractivity contribution is 0.0604. The third-order valence-electron chi connectivity index (χ3n) is 5.26. The van der Waals surface area contributed by atoms with Gasteiger partial charge in [-0.25, -0.2) is 9.78 Å². The second kappa shape index (κ2) is 7.90. The summed E-state index contributed by atoms with van der Waals surface area (Å²) in [6.07, 6.45) is 1.68. The monoisotopic (exact) mass is 441 g/mol. The molecule has 0 spiro atoms. The molecule has 0 aliphatic rings. The van der Waals surface area contributed by atoms with Gasteiger partial charge in [-0.05, 0) is 29.8 Å². The Bertz CT molecular complexity index is 1560. The maximum absolute atomic E-state index is 13.1. The Morgan fingerprint density at radius 1 is 1.00 bits per heavy atom. The van der Waals surface area contributed by atoms with E-state index in [2.05, 4.69) is 9.97 Å². The molecule has 5 rings (SSSR count). The van der Waals surface area contributed by atoms with E-state index in [-0.39, 0.29) is 5.56 Å². The molecule has 0 amide bonds. The highest BCUT2D eigenvalue weighted by Crippen LogP contribution is 2.39. The van der Waals surface area contributed by atoms with E-state index in [4.69, 9.17) is 21.3 Å². The number of ether oxygens (including phenoxy) is 1. The number of nitrogens with one attached hydrogen (secondary N) is 1. The fourth-order valence-electron chi connectivity index (χ4n) is 3.87. The van der Waals surface area contributed by atoms with Crippen molar-refractivity contribution in [2.45, 2.75) is 0 Å². The normalized spacial score (nSPS) is 11.1. The van der Waals surface area contributed by atoms with Gasteiger partial charge in [-0.15, -0.1) is 0 Å². The molecule has 6 nitrogen and oxygen atoms in total. The maximum Gasteiger partial charge on any atom is 0.339 e. The number of hydrogen-bond acceptors (Lipinski definition) is 5. The lowest BCUT2D eigenvalue weighted by Gasteiger charge is -2.17. The predicted molar refractivity (Wildman–Crippen MR) is 125 cm³/mol. The van der Waals surface area contributed by atoms with Crippen LogP contribution in [-0.4, -0.2) is 28.0 Å². The molecule has 0 aliphatic carbocycles. The number of benzene rings is 2. The van der Waals surface area contributed by atoms with Crippen molar-refractivity contribution in [1.82, 2.24) is 15.0 Å². The van der Waals surface area contributed by atoms with Crippen molar-refractivity contribution in [2.75, 3.05) is 7.11 Å². The number of aromatic amines is 1. The quantitative estimate of drug-likeness (QED) is 0.387. The number of carbonyl (C=O) groups is 1. The highest BCUT2D eigenvalue weighted by atomic mass is 35.5. The van der Waals surface area contributed by atoms with Crippen molar-refractivity contribution in [3.8, 4) is 22.4 Å². The zero-order valence-corrected chi connectivity index (χ0v) is 17.7. The fourth-order valence-corrected chi connectivity index (χ4v) is 4.14. The zero-order chi connectivity index (χ0) is 22.2. The number of pyridine rings is 3. The Hall–Kier alpha value is -4.03. The van der Waals surface area contributed by atoms with Gasteiger partial charge in [-0.1, -0.05) is 48.0 Å². The van der Waals surface area contributed by atoms with Crippen LogP contribution < -0.4 is 5.56 Å². The van der Waals surface area contributed by atoms with Crippen LogP contribution in [0.2, 0.25) is 5.02 Å². The minimum absolute atomic E-state index is 0.298. The number of aromatic nitrogens is 3. The van der Waals surface area contributed by atoms with Crippen molar-refractivity contribution in [2.24, 2.45) is 0 Å². The van der Waals surface area contributed by atoms with Gasteiger partial charge in [0.1, 0.15) is 5.65 Å². The Morgan fingerprint density at radius 3 is 2.59 bits per heavy atom. The van der Waals surface area contributed by atoms with E-state index in [1.165, 1.54) is 13.2 Å². The lowest BCUT2D eigenvalue weighted by atomic mass is 9.91. The Kier molecular flexibility index (Phi) is 4.92. The minimum Gasteiger partial charge on any atom is -0.465 e. The summed E-state index contributed by atoms with van der Waals surface area (Å²) >= 11 is 6.57. The van der Waals surface area contributed by atoms with Crippen molar-refractivity contribution in [3.63, 3.8) is 0 Å². The molecule has 0 fully saturated rings. The highest BCUT2D eigenvalue weighted by Gasteiger charge is 2.24. The number of fused-ring (bicyclic) bond motifs is 2. The van der Waals surface area contributed by atoms with Crippen LogP contribution in [0.3, 0.4) is 0 Å². The molecule has 1 N–H and O–H groups in total. The summed E-state index contributed by atoms with van der Waals surface area (Å²) in [6.45, 7) is 0. The molecule has 0 saturated carbocycles. The number of methoxy groups -OCH3 is 1. The van der Waals surface area contributed by atoms with Crippen LogP contribution in [0.1, 0.15) is 10.4 Å². The van der Waals surface area contributed by atoms with E-state index in [1.807, 2.05) is 48.5 Å². The van der Waals surface area contributed by atoms with Crippen molar-refractivity contribution >= 4 is 39.5 Å². The van der Waals surface area contributed by atoms with Crippen LogP contribution in [0.15, 0.2) is 77.7 Å². The first-order chi connectivity index (χ1) is 15.6. The first-order valence-electron chi connectivity index (χ1n) is 9.82. The van der Waals surface area contributed by atoms with Crippen molar-refractivity contribution in [3.05, 3.63) is 93.9 Å². The van der Waals surface area contributed by atoms with Crippen molar-refractivity contribution in [1.29, 1.82) is 0 Å². The number of carbonyl (C=O) groups excluding carboxylic acids is 1. The Labute approximate surface area is 187 Å². The summed E-state index contributed by atoms with van der Waals surface area (Å²) in [6, 6.07) is 19.8. The number of H-pyrrole nitrogens is 1. The van der Waals surface area contributed by atoms with Crippen LogP contribution in [0.5, 0.6) is 0 Å². The van der Waals surface area contributed by atoms with Gasteiger partial charge in [0.25, 0.3) is 0 Å². The smallest absolute Gasteiger partial charge is 0.339 e. The predicted octanol–water partition coefficient (Wildman–Crippen LogP) is 5.25. The number of nitrogens with zero attached hydrogens (tertiary/aromatic N) is 2. The first kappa shape index (κ1) is 19.9. The van der Waals surface area contributed by atoms with E-state index in [0.29, 0.717) is 44.0 Å². The molecule has 0 atom stereocenters. The van der Waals surface area contributed by atoms with E-state index >= 15 is 0 Å². The Balaban J connectivity index is 1.97. The third kappa shape index (κ3) is 3.31. The van der Waals surface area contributed by atoms with Crippen LogP contribution in [0.25, 0.3) is 44.3 Å². The first-order valence-corrected chi connectivity index (χ1v) is 10.2. The number of esters is 1. The molecule has 0 unspecified atom stereocenters. The van der Waals surface area contributed by atoms with Gasteiger partial charge < -0.3 is 9.72 Å². The second-order valence-corrected chi connectivity index (χ2v) is 7.59. The Morgan fingerprint density at radius 2 is 1.81 bits per heavy atom. The molecule has 156 valence electrons. The molecular formula is C25H16ClN3O3. The van der Waals surface area contributed by atoms with Gasteiger partial charge >= 0.3 is 5.97 Å². The maximum atomic E-state index is 13.1. The van der Waals surface area contributed by atoms with E-state index in [9.17, 15) is 9.59 Å². The number of hydrogen-bond donors (Lipinski definition) is 1. The van der Waals surface area contributed by atoms with Gasteiger partial charge in [-0.3, -0.25) is 9.78 Å². The van der Waals surface area contributed by atoms with Crippen molar-refractivity contribution < 1.29 is 9.53 Å². The molecule has 3 aromatic heterocycles. The van der Waals surface area contributed by atoms with Crippen LogP contribution in [-0.2, 0) is 4.74 Å². The topological polar surface area (TPSA) is 84.9 Å². The molecule has 0 aliphatic heterocycles. The standard InChI is InChI=1S/C25H16ClN3O3/c1-32-25(31)21-17-9-10-19(30)28-24(17)29-23(14-6-3-2-4-7-14)20(21)16-12-15-8-5-11-27-22(15)18(26)13-16/h2-13H,1H3,(H,28,29,30). The average molecular weight is 442 g/mol. The lowest BCUT2D eigenvalue weighted by Crippen LogP contribution is -2.11. The van der Waals surface area contributed by atoms with E-state index < -0.39 is 5.97 Å². The van der Waals surface area contributed by atoms with E-state index in [1.54, 1.807) is 18.3 Å². The molecule has 5 aromatic rings. The molecule has 32 heavy (non-hydrogen) atoms.